The number of carbonyl (C=O) groups is 3. The molecule has 0 bridgehead atoms. The average Bonchev–Trinajstić information content (AvgIpc) is 0.843. The van der Waals surface area contributed by atoms with Crippen LogP contribution in [0.1, 0.15) is 265 Å². The lowest BCUT2D eigenvalue weighted by Gasteiger charge is -2.20. The average molecular weight is 1640 g/mol. The number of unbranched alkanes of at least 4 members (excludes halogenated alkanes) is 27. The Morgan fingerprint density at radius 2 is 0.600 bits per heavy atom. The molecule has 0 aliphatic carbocycles. The van der Waals surface area contributed by atoms with Gasteiger partial charge in [-0.2, -0.15) is 0 Å². The lowest BCUT2D eigenvalue weighted by molar-refractivity contribution is -0.144. The minimum atomic E-state index is -1.07. The molecule has 0 radical (unpaired) electrons. The summed E-state index contributed by atoms with van der Waals surface area (Å²) in [6.07, 6.45) is 45.1. The van der Waals surface area contributed by atoms with Gasteiger partial charge in [0.2, 0.25) is 5.91 Å². The van der Waals surface area contributed by atoms with E-state index in [4.69, 9.17) is 68.0 Å². The molecule has 0 saturated carbocycles. The summed E-state index contributed by atoms with van der Waals surface area (Å²) in [7, 11) is 2.44. The van der Waals surface area contributed by atoms with Crippen molar-refractivity contribution in [1.82, 2.24) is 10.6 Å². The number of hydrogen-bond acceptors (Lipinski definition) is 16. The highest BCUT2D eigenvalue weighted by Gasteiger charge is 2.26. The normalized spacial score (nSPS) is 11.5. The first-order chi connectivity index (χ1) is 58.9. The third-order valence-electron chi connectivity index (χ3n) is 21.0. The van der Waals surface area contributed by atoms with Gasteiger partial charge in [-0.05, 0) is 168 Å². The van der Waals surface area contributed by atoms with Crippen molar-refractivity contribution in [2.24, 2.45) is 0 Å². The van der Waals surface area contributed by atoms with Gasteiger partial charge >= 0.3 is 12.1 Å². The Balaban J connectivity index is 0.979. The molecule has 8 aromatic rings. The first-order valence-electron chi connectivity index (χ1n) is 44.4. The Morgan fingerprint density at radius 3 is 0.950 bits per heavy atom. The zero-order chi connectivity index (χ0) is 84.7. The van der Waals surface area contributed by atoms with Crippen LogP contribution in [0.2, 0.25) is 0 Å². The zero-order valence-electron chi connectivity index (χ0n) is 72.5. The SMILES string of the molecule is C#COc1ccc(COc2cc(COc3cc(COc4ccc(CC(NC(=O)OC)C(=O)NC(C)C(=O)OC)cc4)cc(OCc4ccc(OCc5ccc(OCCCCCCCCCCCC)cc5)c(OCc5ccc(OCCCCCCCCCCCC)cc5)c4)c3)ccc2OCc2ccc(OCCCCCCCCCCCC)cc2)cc1. The summed E-state index contributed by atoms with van der Waals surface area (Å²) in [5, 5.41) is 5.18. The molecule has 120 heavy (non-hydrogen) atoms. The van der Waals surface area contributed by atoms with Gasteiger partial charge in [0.25, 0.3) is 0 Å². The van der Waals surface area contributed by atoms with E-state index in [0.717, 1.165) is 75.5 Å². The van der Waals surface area contributed by atoms with Crippen molar-refractivity contribution in [2.75, 3.05) is 34.0 Å². The molecular formula is C102H134N2O16. The summed E-state index contributed by atoms with van der Waals surface area (Å²) in [5.74, 6) is 5.60. The zero-order valence-corrected chi connectivity index (χ0v) is 72.5. The van der Waals surface area contributed by atoms with Crippen molar-refractivity contribution in [3.8, 4) is 75.8 Å². The van der Waals surface area contributed by atoms with Crippen LogP contribution in [0.15, 0.2) is 176 Å². The highest BCUT2D eigenvalue weighted by Crippen LogP contribution is 2.35. The van der Waals surface area contributed by atoms with E-state index in [1.807, 2.05) is 140 Å². The maximum Gasteiger partial charge on any atom is 0.407 e. The largest absolute Gasteiger partial charge is 0.494 e. The third-order valence-corrected chi connectivity index (χ3v) is 21.0. The van der Waals surface area contributed by atoms with E-state index in [1.165, 1.54) is 195 Å². The number of ether oxygens (including phenoxy) is 13. The molecule has 8 aromatic carbocycles. The van der Waals surface area contributed by atoms with Crippen molar-refractivity contribution >= 4 is 18.0 Å². The third kappa shape index (κ3) is 38.2. The van der Waals surface area contributed by atoms with E-state index >= 15 is 0 Å². The number of terminal acetylenes is 1. The van der Waals surface area contributed by atoms with E-state index in [2.05, 4.69) is 37.5 Å². The van der Waals surface area contributed by atoms with E-state index in [9.17, 15) is 14.4 Å². The second-order valence-electron chi connectivity index (χ2n) is 31.1. The van der Waals surface area contributed by atoms with Gasteiger partial charge in [0.15, 0.2) is 23.0 Å². The summed E-state index contributed by atoms with van der Waals surface area (Å²) in [6, 6.07) is 54.1. The van der Waals surface area contributed by atoms with Crippen LogP contribution in [0.3, 0.4) is 0 Å². The number of carbonyl (C=O) groups excluding carboxylic acids is 3. The first-order valence-corrected chi connectivity index (χ1v) is 44.4. The highest BCUT2D eigenvalue weighted by molar-refractivity contribution is 5.89. The van der Waals surface area contributed by atoms with Crippen LogP contribution < -0.4 is 62.7 Å². The molecule has 0 spiro atoms. The Labute approximate surface area is 716 Å². The minimum absolute atomic E-state index is 0.0801. The summed E-state index contributed by atoms with van der Waals surface area (Å²) in [6.45, 7) is 11.9. The fourth-order valence-corrected chi connectivity index (χ4v) is 13.8. The van der Waals surface area contributed by atoms with E-state index in [1.54, 1.807) is 36.4 Å². The second-order valence-corrected chi connectivity index (χ2v) is 31.1. The highest BCUT2D eigenvalue weighted by atomic mass is 16.5. The van der Waals surface area contributed by atoms with Crippen molar-refractivity contribution in [3.05, 3.63) is 220 Å². The van der Waals surface area contributed by atoms with E-state index in [-0.39, 0.29) is 39.5 Å². The van der Waals surface area contributed by atoms with Gasteiger partial charge in [0, 0.05) is 12.5 Å². The molecule has 2 unspecified atom stereocenters. The number of alkyl carbamates (subject to hydrolysis) is 1. The van der Waals surface area contributed by atoms with Gasteiger partial charge in [-0.25, -0.2) is 9.59 Å². The van der Waals surface area contributed by atoms with Crippen molar-refractivity contribution in [1.29, 1.82) is 0 Å². The van der Waals surface area contributed by atoms with Crippen LogP contribution in [0.4, 0.5) is 4.79 Å². The molecule has 0 fully saturated rings. The second kappa shape index (κ2) is 57.5. The number of amides is 2. The maximum absolute atomic E-state index is 13.4. The molecule has 0 heterocycles. The topological polar surface area (TPSA) is 195 Å². The van der Waals surface area contributed by atoms with Gasteiger partial charge in [-0.3, -0.25) is 4.79 Å². The van der Waals surface area contributed by atoms with E-state index < -0.39 is 30.1 Å². The Kier molecular flexibility index (Phi) is 45.4. The number of rotatable bonds is 64. The van der Waals surface area contributed by atoms with Crippen LogP contribution in [0, 0.1) is 12.5 Å². The molecule has 2 atom stereocenters. The molecule has 0 aromatic heterocycles. The Bertz CT molecular complexity index is 4180. The summed E-state index contributed by atoms with van der Waals surface area (Å²) in [4.78, 5) is 38.0. The van der Waals surface area contributed by atoms with Crippen molar-refractivity contribution < 1.29 is 76.0 Å². The predicted octanol–water partition coefficient (Wildman–Crippen LogP) is 24.6. The van der Waals surface area contributed by atoms with Crippen LogP contribution >= 0.6 is 0 Å². The lowest BCUT2D eigenvalue weighted by atomic mass is 10.0. The predicted molar refractivity (Wildman–Crippen MR) is 476 cm³/mol. The number of esters is 1. The van der Waals surface area contributed by atoms with Gasteiger partial charge in [0.1, 0.15) is 105 Å². The molecule has 2 amide bonds. The molecule has 18 heteroatoms. The standard InChI is InChI=1S/C102H134N2O16/c1-8-12-15-18-21-24-27-30-33-36-63-111-89-55-43-81(44-56-89)72-117-96-61-49-85(69-98(96)119-74-83-41-53-88(54-42-83)110-11-4)76-115-93-66-87(78-114-92-51-39-80(40-52-92)68-95(104-102(107)109-7)100(105)103-79(5)101(106)108-6)67-94(71-93)116-77-86-50-62-97(118-73-82-45-57-90(58-46-82)112-64-37-34-31-28-25-22-19-16-13-9-2)99(70-86)120-75-84-47-59-91(60-48-84)113-65-38-35-32-29-26-23-20-17-14-10-3/h4,39-62,66-67,69-71,79,95H,8-10,12-38,63-65,68,72-78H2,1-3,5-7H3,(H,103,105)(H,104,107). The van der Waals surface area contributed by atoms with E-state index in [0.29, 0.717) is 84.6 Å². The van der Waals surface area contributed by atoms with Crippen LogP contribution in [-0.2, 0) is 71.7 Å². The van der Waals surface area contributed by atoms with Gasteiger partial charge in [0.05, 0.1) is 34.0 Å². The monoisotopic (exact) mass is 1640 g/mol. The maximum atomic E-state index is 13.4. The molecule has 2 N–H and O–H groups in total. The number of benzene rings is 8. The molecule has 8 rings (SSSR count). The van der Waals surface area contributed by atoms with Gasteiger partial charge in [-0.1, -0.05) is 273 Å². The summed E-state index contributed by atoms with van der Waals surface area (Å²) < 4.78 is 79.6. The number of nitrogens with one attached hydrogen (secondary N) is 2. The fourth-order valence-electron chi connectivity index (χ4n) is 13.8. The molecule has 18 nitrogen and oxygen atoms in total. The molecule has 0 saturated heterocycles. The fraction of sp³-hybridized carbons (Fsp3) is 0.480. The van der Waals surface area contributed by atoms with Crippen LogP contribution in [0.5, 0.6) is 63.2 Å². The number of methoxy groups -OCH3 is 2. The lowest BCUT2D eigenvalue weighted by Crippen LogP contribution is -2.51. The van der Waals surface area contributed by atoms with Crippen molar-refractivity contribution in [3.63, 3.8) is 0 Å². The molecule has 648 valence electrons. The first kappa shape index (κ1) is 94.8. The smallest absolute Gasteiger partial charge is 0.407 e. The van der Waals surface area contributed by atoms with Crippen molar-refractivity contribution in [2.45, 2.75) is 285 Å². The minimum Gasteiger partial charge on any atom is -0.494 e. The Morgan fingerprint density at radius 1 is 0.300 bits per heavy atom. The molecular weight excluding hydrogens is 1510 g/mol. The summed E-state index contributed by atoms with van der Waals surface area (Å²) >= 11 is 0. The van der Waals surface area contributed by atoms with Crippen LogP contribution in [-0.4, -0.2) is 64.1 Å². The van der Waals surface area contributed by atoms with Crippen LogP contribution in [0.25, 0.3) is 0 Å². The van der Waals surface area contributed by atoms with Gasteiger partial charge in [-0.15, -0.1) is 0 Å². The Hall–Kier alpha value is -10.7. The molecule has 0 aliphatic heterocycles. The quantitative estimate of drug-likeness (QED) is 0.0207. The number of hydrogen-bond donors (Lipinski definition) is 2. The molecule has 0 aliphatic rings. The van der Waals surface area contributed by atoms with Gasteiger partial charge < -0.3 is 72.2 Å². The summed E-state index contributed by atoms with van der Waals surface area (Å²) in [5.41, 5.74) is 6.90.